The number of nitrogens with zero attached hydrogens (tertiary/aromatic N) is 1. The maximum atomic E-state index is 12.3. The van der Waals surface area contributed by atoms with E-state index in [0.29, 0.717) is 19.1 Å². The van der Waals surface area contributed by atoms with Gasteiger partial charge in [0, 0.05) is 32.0 Å². The maximum Gasteiger partial charge on any atom is 0.250 e. The Hall–Kier alpha value is -1.59. The average molecular weight is 304 g/mol. The fourth-order valence-electron chi connectivity index (χ4n) is 2.99. The van der Waals surface area contributed by atoms with Gasteiger partial charge in [0.1, 0.15) is 0 Å². The van der Waals surface area contributed by atoms with E-state index < -0.39 is 0 Å². The van der Waals surface area contributed by atoms with Crippen molar-refractivity contribution >= 4 is 11.6 Å². The smallest absolute Gasteiger partial charge is 0.250 e. The molecule has 2 fully saturated rings. The van der Waals surface area contributed by atoms with Gasteiger partial charge in [-0.15, -0.1) is 0 Å². The molecule has 3 rings (SSSR count). The van der Waals surface area contributed by atoms with Crippen LogP contribution in [0.3, 0.4) is 0 Å². The van der Waals surface area contributed by atoms with E-state index in [2.05, 4.69) is 22.3 Å². The van der Waals surface area contributed by atoms with Crippen LogP contribution in [-0.4, -0.2) is 51.5 Å². The Labute approximate surface area is 131 Å². The number of para-hydroxylation sites is 1. The summed E-state index contributed by atoms with van der Waals surface area (Å²) in [6.45, 7) is 4.37. The summed E-state index contributed by atoms with van der Waals surface area (Å²) >= 11 is 0. The van der Waals surface area contributed by atoms with Crippen LogP contribution in [0.2, 0.25) is 0 Å². The zero-order valence-electron chi connectivity index (χ0n) is 12.9. The Balaban J connectivity index is 1.49. The molecule has 0 saturated carbocycles. The number of carbonyl (C=O) groups is 1. The van der Waals surface area contributed by atoms with Crippen LogP contribution >= 0.6 is 0 Å². The molecule has 1 N–H and O–H groups in total. The number of amides is 1. The Kier molecular flexibility index (Phi) is 5.29. The van der Waals surface area contributed by atoms with Crippen molar-refractivity contribution in [2.75, 3.05) is 44.4 Å². The molecular weight excluding hydrogens is 280 g/mol. The van der Waals surface area contributed by atoms with E-state index in [0.717, 1.165) is 44.8 Å². The molecule has 22 heavy (non-hydrogen) atoms. The number of hydrogen-bond donors (Lipinski definition) is 1. The van der Waals surface area contributed by atoms with Crippen molar-refractivity contribution in [3.8, 4) is 0 Å². The second-order valence-electron chi connectivity index (χ2n) is 5.94. The summed E-state index contributed by atoms with van der Waals surface area (Å²) in [4.78, 5) is 14.5. The van der Waals surface area contributed by atoms with Crippen molar-refractivity contribution in [3.05, 3.63) is 30.3 Å². The largest absolute Gasteiger partial charge is 0.381 e. The molecule has 5 nitrogen and oxygen atoms in total. The third-order valence-electron chi connectivity index (χ3n) is 4.39. The first-order valence-electron chi connectivity index (χ1n) is 8.10. The third kappa shape index (κ3) is 3.99. The highest BCUT2D eigenvalue weighted by Gasteiger charge is 2.27. The van der Waals surface area contributed by atoms with E-state index in [-0.39, 0.29) is 12.0 Å². The number of carbonyl (C=O) groups excluding carboxylic acids is 1. The van der Waals surface area contributed by atoms with Crippen molar-refractivity contribution in [2.45, 2.75) is 18.9 Å². The lowest BCUT2D eigenvalue weighted by atomic mass is 10.0. The molecule has 2 heterocycles. The highest BCUT2D eigenvalue weighted by molar-refractivity contribution is 5.81. The van der Waals surface area contributed by atoms with Crippen LogP contribution in [0.4, 0.5) is 5.69 Å². The lowest BCUT2D eigenvalue weighted by Gasteiger charge is -2.34. The number of rotatable bonds is 4. The fourth-order valence-corrected chi connectivity index (χ4v) is 2.99. The molecule has 0 bridgehead atoms. The number of ether oxygens (including phenoxy) is 2. The summed E-state index contributed by atoms with van der Waals surface area (Å²) in [6, 6.07) is 10.2. The average Bonchev–Trinajstić information content (AvgIpc) is 2.61. The Morgan fingerprint density at radius 3 is 2.73 bits per heavy atom. The SMILES string of the molecule is O=C(NCC1CCOCC1)[C@@H]1CN(c2ccccc2)CCO1. The van der Waals surface area contributed by atoms with E-state index in [1.165, 1.54) is 0 Å². The van der Waals surface area contributed by atoms with Gasteiger partial charge in [-0.25, -0.2) is 0 Å². The second kappa shape index (κ2) is 7.61. The van der Waals surface area contributed by atoms with Crippen LogP contribution < -0.4 is 10.2 Å². The zero-order valence-corrected chi connectivity index (χ0v) is 12.9. The summed E-state index contributed by atoms with van der Waals surface area (Å²) in [5.41, 5.74) is 1.15. The van der Waals surface area contributed by atoms with Crippen molar-refractivity contribution in [3.63, 3.8) is 0 Å². The summed E-state index contributed by atoms with van der Waals surface area (Å²) in [5.74, 6) is 0.540. The minimum Gasteiger partial charge on any atom is -0.381 e. The van der Waals surface area contributed by atoms with Gasteiger partial charge >= 0.3 is 0 Å². The van der Waals surface area contributed by atoms with Crippen LogP contribution in [0.5, 0.6) is 0 Å². The van der Waals surface area contributed by atoms with Gasteiger partial charge in [0.2, 0.25) is 0 Å². The number of benzene rings is 1. The van der Waals surface area contributed by atoms with Gasteiger partial charge in [-0.2, -0.15) is 0 Å². The summed E-state index contributed by atoms with van der Waals surface area (Å²) in [6.07, 6.45) is 1.68. The van der Waals surface area contributed by atoms with Crippen LogP contribution in [0, 0.1) is 5.92 Å². The first-order valence-corrected chi connectivity index (χ1v) is 8.10. The monoisotopic (exact) mass is 304 g/mol. The third-order valence-corrected chi connectivity index (χ3v) is 4.39. The van der Waals surface area contributed by atoms with Crippen molar-refractivity contribution in [1.82, 2.24) is 5.32 Å². The lowest BCUT2D eigenvalue weighted by Crippen LogP contribution is -2.50. The summed E-state index contributed by atoms with van der Waals surface area (Å²) in [7, 11) is 0. The first kappa shape index (κ1) is 15.3. The molecule has 0 aromatic heterocycles. The lowest BCUT2D eigenvalue weighted by molar-refractivity contribution is -0.133. The molecule has 0 spiro atoms. The normalized spacial score (nSPS) is 23.3. The Morgan fingerprint density at radius 2 is 1.95 bits per heavy atom. The number of morpholine rings is 1. The van der Waals surface area contributed by atoms with Crippen molar-refractivity contribution in [2.24, 2.45) is 5.92 Å². The molecule has 0 aliphatic carbocycles. The molecule has 1 atom stereocenters. The van der Waals surface area contributed by atoms with Gasteiger partial charge in [0.15, 0.2) is 6.10 Å². The standard InChI is InChI=1S/C17H24N2O3/c20-17(18-12-14-6-9-21-10-7-14)16-13-19(8-11-22-16)15-4-2-1-3-5-15/h1-5,14,16H,6-13H2,(H,18,20)/t16-/m0/s1. The second-order valence-corrected chi connectivity index (χ2v) is 5.94. The molecule has 1 aromatic carbocycles. The fraction of sp³-hybridized carbons (Fsp3) is 0.588. The molecule has 1 amide bonds. The van der Waals surface area contributed by atoms with E-state index in [9.17, 15) is 4.79 Å². The summed E-state index contributed by atoms with van der Waals surface area (Å²) < 4.78 is 11.0. The van der Waals surface area contributed by atoms with E-state index in [1.54, 1.807) is 0 Å². The van der Waals surface area contributed by atoms with Gasteiger partial charge < -0.3 is 19.7 Å². The number of anilines is 1. The quantitative estimate of drug-likeness (QED) is 0.914. The van der Waals surface area contributed by atoms with E-state index in [4.69, 9.17) is 9.47 Å². The first-order chi connectivity index (χ1) is 10.8. The topological polar surface area (TPSA) is 50.8 Å². The van der Waals surface area contributed by atoms with Crippen LogP contribution in [0.15, 0.2) is 30.3 Å². The van der Waals surface area contributed by atoms with Crippen LogP contribution in [0.25, 0.3) is 0 Å². The zero-order chi connectivity index (χ0) is 15.2. The molecule has 120 valence electrons. The molecule has 2 saturated heterocycles. The molecule has 2 aliphatic heterocycles. The highest BCUT2D eigenvalue weighted by atomic mass is 16.5. The van der Waals surface area contributed by atoms with E-state index >= 15 is 0 Å². The predicted molar refractivity (Wildman–Crippen MR) is 84.9 cm³/mol. The molecule has 5 heteroatoms. The van der Waals surface area contributed by atoms with Gasteiger partial charge in [-0.1, -0.05) is 18.2 Å². The van der Waals surface area contributed by atoms with E-state index in [1.807, 2.05) is 18.2 Å². The van der Waals surface area contributed by atoms with Gasteiger partial charge in [-0.3, -0.25) is 4.79 Å². The minimum atomic E-state index is -0.381. The predicted octanol–water partition coefficient (Wildman–Crippen LogP) is 1.43. The molecule has 1 aromatic rings. The molecular formula is C17H24N2O3. The van der Waals surface area contributed by atoms with Gasteiger partial charge in [-0.05, 0) is 30.9 Å². The number of hydrogen-bond acceptors (Lipinski definition) is 4. The Morgan fingerprint density at radius 1 is 1.18 bits per heavy atom. The number of nitrogens with one attached hydrogen (secondary N) is 1. The minimum absolute atomic E-state index is 0.00660. The molecule has 0 radical (unpaired) electrons. The molecule has 0 unspecified atom stereocenters. The van der Waals surface area contributed by atoms with Crippen molar-refractivity contribution in [1.29, 1.82) is 0 Å². The highest BCUT2D eigenvalue weighted by Crippen LogP contribution is 2.17. The van der Waals surface area contributed by atoms with Gasteiger partial charge in [0.05, 0.1) is 13.2 Å². The van der Waals surface area contributed by atoms with Crippen LogP contribution in [-0.2, 0) is 14.3 Å². The van der Waals surface area contributed by atoms with Crippen LogP contribution in [0.1, 0.15) is 12.8 Å². The Bertz CT molecular complexity index is 474. The van der Waals surface area contributed by atoms with Gasteiger partial charge in [0.25, 0.3) is 5.91 Å². The maximum absolute atomic E-state index is 12.3. The molecule has 2 aliphatic rings. The van der Waals surface area contributed by atoms with Crippen molar-refractivity contribution < 1.29 is 14.3 Å². The summed E-state index contributed by atoms with van der Waals surface area (Å²) in [5, 5.41) is 3.05.